The number of hydrogen-bond donors (Lipinski definition) is 1. The van der Waals surface area contributed by atoms with Gasteiger partial charge in [-0.25, -0.2) is 0 Å². The average molecular weight is 265 g/mol. The zero-order valence-corrected chi connectivity index (χ0v) is 11.3. The molecule has 2 atom stereocenters. The highest BCUT2D eigenvalue weighted by molar-refractivity contribution is 5.39. The first kappa shape index (κ1) is 12.4. The van der Waals surface area contributed by atoms with E-state index in [0.717, 1.165) is 32.5 Å². The van der Waals surface area contributed by atoms with E-state index >= 15 is 0 Å². The molecule has 0 saturated carbocycles. The molecule has 3 rings (SSSR count). The fraction of sp³-hybridized carbons (Fsp3) is 0.750. The number of nitrogens with zero attached hydrogens (tertiary/aromatic N) is 4. The summed E-state index contributed by atoms with van der Waals surface area (Å²) in [6.45, 7) is 4.45. The lowest BCUT2D eigenvalue weighted by molar-refractivity contribution is 0.0299. The van der Waals surface area contributed by atoms with Gasteiger partial charge < -0.3 is 19.7 Å². The normalized spacial score (nSPS) is 25.5. The van der Waals surface area contributed by atoms with Gasteiger partial charge in [-0.15, -0.1) is 0 Å². The minimum atomic E-state index is 0.309. The van der Waals surface area contributed by atoms with Crippen molar-refractivity contribution in [3.8, 4) is 6.01 Å². The van der Waals surface area contributed by atoms with Crippen LogP contribution in [-0.2, 0) is 4.74 Å². The van der Waals surface area contributed by atoms with Crippen molar-refractivity contribution in [2.75, 3.05) is 37.0 Å². The van der Waals surface area contributed by atoms with E-state index in [4.69, 9.17) is 9.47 Å². The van der Waals surface area contributed by atoms with Gasteiger partial charge >= 0.3 is 6.01 Å². The summed E-state index contributed by atoms with van der Waals surface area (Å²) >= 11 is 0. The van der Waals surface area contributed by atoms with Gasteiger partial charge in [-0.05, 0) is 19.8 Å². The van der Waals surface area contributed by atoms with E-state index in [1.54, 1.807) is 7.11 Å². The molecule has 2 fully saturated rings. The average Bonchev–Trinajstić information content (AvgIpc) is 2.77. The predicted molar refractivity (Wildman–Crippen MR) is 70.7 cm³/mol. The zero-order chi connectivity index (χ0) is 13.2. The third-order valence-electron chi connectivity index (χ3n) is 3.45. The Hall–Kier alpha value is -1.63. The molecule has 3 heterocycles. The second-order valence-electron chi connectivity index (χ2n) is 4.84. The van der Waals surface area contributed by atoms with Crippen molar-refractivity contribution >= 4 is 11.9 Å². The Labute approximate surface area is 112 Å². The van der Waals surface area contributed by atoms with Crippen LogP contribution in [0.3, 0.4) is 0 Å². The first-order chi connectivity index (χ1) is 9.28. The number of nitrogens with one attached hydrogen (secondary N) is 1. The lowest BCUT2D eigenvalue weighted by Gasteiger charge is -2.32. The zero-order valence-electron chi connectivity index (χ0n) is 11.3. The lowest BCUT2D eigenvalue weighted by Crippen LogP contribution is -2.43. The summed E-state index contributed by atoms with van der Waals surface area (Å²) in [7, 11) is 1.57. The lowest BCUT2D eigenvalue weighted by atomic mass is 10.2. The Kier molecular flexibility index (Phi) is 3.37. The first-order valence-electron chi connectivity index (χ1n) is 6.73. The smallest absolute Gasteiger partial charge is 0.322 e. The van der Waals surface area contributed by atoms with Gasteiger partial charge in [0, 0.05) is 19.6 Å². The van der Waals surface area contributed by atoms with Gasteiger partial charge in [-0.2, -0.15) is 15.0 Å². The molecule has 0 radical (unpaired) electrons. The van der Waals surface area contributed by atoms with Crippen LogP contribution in [0.2, 0.25) is 0 Å². The number of ether oxygens (including phenoxy) is 2. The highest BCUT2D eigenvalue weighted by Crippen LogP contribution is 2.28. The maximum atomic E-state index is 5.82. The van der Waals surface area contributed by atoms with Crippen LogP contribution in [0, 0.1) is 0 Å². The topological polar surface area (TPSA) is 72.4 Å². The number of aromatic nitrogens is 3. The van der Waals surface area contributed by atoms with E-state index in [2.05, 4.69) is 25.2 Å². The largest absolute Gasteiger partial charge is 0.467 e. The molecule has 1 aromatic heterocycles. The second-order valence-corrected chi connectivity index (χ2v) is 4.84. The van der Waals surface area contributed by atoms with Gasteiger partial charge in [0.2, 0.25) is 11.9 Å². The summed E-state index contributed by atoms with van der Waals surface area (Å²) in [6.07, 6.45) is 2.88. The van der Waals surface area contributed by atoms with Crippen molar-refractivity contribution in [2.24, 2.45) is 0 Å². The molecule has 0 aromatic carbocycles. The van der Waals surface area contributed by atoms with E-state index in [9.17, 15) is 0 Å². The molecule has 2 bridgehead atoms. The Balaban J connectivity index is 1.84. The van der Waals surface area contributed by atoms with Crippen LogP contribution in [0.4, 0.5) is 11.9 Å². The number of morpholine rings is 1. The Morgan fingerprint density at radius 2 is 2.00 bits per heavy atom. The summed E-state index contributed by atoms with van der Waals surface area (Å²) in [4.78, 5) is 15.1. The highest BCUT2D eigenvalue weighted by Gasteiger charge is 2.35. The molecular formula is C12H19N5O2. The fourth-order valence-corrected chi connectivity index (χ4v) is 2.59. The van der Waals surface area contributed by atoms with E-state index in [0.29, 0.717) is 30.1 Å². The van der Waals surface area contributed by atoms with Gasteiger partial charge in [0.25, 0.3) is 0 Å². The minimum Gasteiger partial charge on any atom is -0.467 e. The van der Waals surface area contributed by atoms with Gasteiger partial charge in [0.05, 0.1) is 19.3 Å². The molecule has 2 aliphatic rings. The molecule has 0 spiro atoms. The van der Waals surface area contributed by atoms with Gasteiger partial charge in [0.1, 0.15) is 0 Å². The Bertz CT molecular complexity index is 444. The number of methoxy groups -OCH3 is 1. The third-order valence-corrected chi connectivity index (χ3v) is 3.45. The molecule has 1 N–H and O–H groups in total. The van der Waals surface area contributed by atoms with Gasteiger partial charge in [0.15, 0.2) is 0 Å². The van der Waals surface area contributed by atoms with Crippen LogP contribution in [0.1, 0.15) is 19.8 Å². The standard InChI is InChI=1S/C12H19N5O2/c1-3-13-10-14-11(16-12(15-10)18-2)17-6-8-4-5-9(7-17)19-8/h8-9H,3-7H2,1-2H3,(H,13,14,15,16). The van der Waals surface area contributed by atoms with Crippen molar-refractivity contribution in [3.63, 3.8) is 0 Å². The number of rotatable bonds is 4. The van der Waals surface area contributed by atoms with E-state index < -0.39 is 0 Å². The maximum absolute atomic E-state index is 5.82. The molecule has 7 nitrogen and oxygen atoms in total. The second kappa shape index (κ2) is 5.16. The number of fused-ring (bicyclic) bond motifs is 2. The molecule has 19 heavy (non-hydrogen) atoms. The van der Waals surface area contributed by atoms with Crippen LogP contribution in [0.5, 0.6) is 6.01 Å². The fourth-order valence-electron chi connectivity index (χ4n) is 2.59. The van der Waals surface area contributed by atoms with Crippen LogP contribution in [0.25, 0.3) is 0 Å². The minimum absolute atomic E-state index is 0.309. The van der Waals surface area contributed by atoms with Crippen LogP contribution < -0.4 is 15.0 Å². The third kappa shape index (κ3) is 2.56. The number of anilines is 2. The van der Waals surface area contributed by atoms with Crippen LogP contribution in [0.15, 0.2) is 0 Å². The molecule has 0 aliphatic carbocycles. The Morgan fingerprint density at radius 1 is 1.26 bits per heavy atom. The molecule has 1 aromatic rings. The molecule has 2 saturated heterocycles. The van der Waals surface area contributed by atoms with Crippen molar-refractivity contribution in [1.82, 2.24) is 15.0 Å². The first-order valence-corrected chi connectivity index (χ1v) is 6.73. The molecule has 2 unspecified atom stereocenters. The van der Waals surface area contributed by atoms with Crippen molar-refractivity contribution in [1.29, 1.82) is 0 Å². The molecule has 2 aliphatic heterocycles. The Morgan fingerprint density at radius 3 is 2.63 bits per heavy atom. The molecular weight excluding hydrogens is 246 g/mol. The predicted octanol–water partition coefficient (Wildman–Crippen LogP) is 0.680. The molecule has 104 valence electrons. The monoisotopic (exact) mass is 265 g/mol. The van der Waals surface area contributed by atoms with Crippen molar-refractivity contribution in [2.45, 2.75) is 32.0 Å². The van der Waals surface area contributed by atoms with E-state index in [1.807, 2.05) is 6.92 Å². The molecule has 0 amide bonds. The van der Waals surface area contributed by atoms with Gasteiger partial charge in [-0.1, -0.05) is 0 Å². The van der Waals surface area contributed by atoms with Crippen LogP contribution >= 0.6 is 0 Å². The van der Waals surface area contributed by atoms with E-state index in [1.165, 1.54) is 0 Å². The maximum Gasteiger partial charge on any atom is 0.322 e. The summed E-state index contributed by atoms with van der Waals surface area (Å²) in [6, 6.07) is 0.347. The highest BCUT2D eigenvalue weighted by atomic mass is 16.5. The quantitative estimate of drug-likeness (QED) is 0.858. The summed E-state index contributed by atoms with van der Waals surface area (Å²) in [5.74, 6) is 1.23. The summed E-state index contributed by atoms with van der Waals surface area (Å²) < 4.78 is 11.0. The number of hydrogen-bond acceptors (Lipinski definition) is 7. The van der Waals surface area contributed by atoms with Crippen LogP contribution in [-0.4, -0.2) is 53.9 Å². The van der Waals surface area contributed by atoms with Crippen molar-refractivity contribution < 1.29 is 9.47 Å². The SMILES string of the molecule is CCNc1nc(OC)nc(N2CC3CCC(C2)O3)n1. The van der Waals surface area contributed by atoms with E-state index in [-0.39, 0.29) is 0 Å². The molecule has 7 heteroatoms. The van der Waals surface area contributed by atoms with Gasteiger partial charge in [-0.3, -0.25) is 0 Å². The summed E-state index contributed by atoms with van der Waals surface area (Å²) in [5.41, 5.74) is 0. The summed E-state index contributed by atoms with van der Waals surface area (Å²) in [5, 5.41) is 3.10. The van der Waals surface area contributed by atoms with Crippen molar-refractivity contribution in [3.05, 3.63) is 0 Å².